The molecule has 1 atom stereocenters. The Hall–Kier alpha value is -2.04. The molecule has 1 aliphatic heterocycles. The van der Waals surface area contributed by atoms with Gasteiger partial charge >= 0.3 is 0 Å². The number of rotatable bonds is 5. The van der Waals surface area contributed by atoms with Gasteiger partial charge in [-0.2, -0.15) is 0 Å². The number of amides is 1. The fraction of sp³-hybridized carbons (Fsp3) is 0.350. The van der Waals surface area contributed by atoms with Crippen molar-refractivity contribution in [3.05, 3.63) is 64.7 Å². The van der Waals surface area contributed by atoms with Gasteiger partial charge in [0.05, 0.1) is 13.2 Å². The highest BCUT2D eigenvalue weighted by Crippen LogP contribution is 2.25. The van der Waals surface area contributed by atoms with Crippen molar-refractivity contribution in [1.29, 1.82) is 0 Å². The van der Waals surface area contributed by atoms with Gasteiger partial charge in [0.1, 0.15) is 5.75 Å². The quantitative estimate of drug-likeness (QED) is 0.890. The van der Waals surface area contributed by atoms with E-state index >= 15 is 0 Å². The Bertz CT molecular complexity index is 735. The van der Waals surface area contributed by atoms with E-state index in [4.69, 9.17) is 16.3 Å². The summed E-state index contributed by atoms with van der Waals surface area (Å²) in [6, 6.07) is 15.7. The average molecular weight is 359 g/mol. The van der Waals surface area contributed by atoms with E-state index in [1.54, 1.807) is 7.11 Å². The molecule has 3 rings (SSSR count). The Morgan fingerprint density at radius 2 is 2.12 bits per heavy atom. The summed E-state index contributed by atoms with van der Waals surface area (Å²) in [5.41, 5.74) is 2.19. The molecule has 0 aromatic heterocycles. The van der Waals surface area contributed by atoms with Crippen LogP contribution in [0.5, 0.6) is 5.75 Å². The van der Waals surface area contributed by atoms with Gasteiger partial charge < -0.3 is 15.0 Å². The maximum absolute atomic E-state index is 12.8. The topological polar surface area (TPSA) is 41.6 Å². The number of hydrogen-bond donors (Lipinski definition) is 1. The summed E-state index contributed by atoms with van der Waals surface area (Å²) >= 11 is 6.13. The standard InChI is InChI=1S/C20H23ClN2O2/c1-25-18-7-2-4-15(12-18)8-9-20(24)23-11-10-22-14-19(23)16-5-3-6-17(21)13-16/h2-7,12-13,19,22H,8-11,14H2,1H3. The highest BCUT2D eigenvalue weighted by Gasteiger charge is 2.27. The van der Waals surface area contributed by atoms with Crippen molar-refractivity contribution >= 4 is 17.5 Å². The second-order valence-electron chi connectivity index (χ2n) is 6.21. The first kappa shape index (κ1) is 17.8. The fourth-order valence-electron chi connectivity index (χ4n) is 3.24. The van der Waals surface area contributed by atoms with Gasteiger partial charge in [-0.05, 0) is 41.8 Å². The molecule has 2 aromatic rings. The number of nitrogens with one attached hydrogen (secondary N) is 1. The molecule has 0 bridgehead atoms. The minimum Gasteiger partial charge on any atom is -0.497 e. The zero-order valence-corrected chi connectivity index (χ0v) is 15.1. The third-order valence-electron chi connectivity index (χ3n) is 4.56. The highest BCUT2D eigenvalue weighted by atomic mass is 35.5. The molecule has 1 saturated heterocycles. The maximum atomic E-state index is 12.8. The van der Waals surface area contributed by atoms with Crippen molar-refractivity contribution in [1.82, 2.24) is 10.2 Å². The molecular weight excluding hydrogens is 336 g/mol. The lowest BCUT2D eigenvalue weighted by molar-refractivity contribution is -0.134. The Labute approximate surface area is 153 Å². The van der Waals surface area contributed by atoms with Crippen molar-refractivity contribution in [3.8, 4) is 5.75 Å². The zero-order valence-electron chi connectivity index (χ0n) is 14.4. The molecule has 132 valence electrons. The number of hydrogen-bond acceptors (Lipinski definition) is 3. The third kappa shape index (κ3) is 4.53. The second kappa shape index (κ2) is 8.37. The number of piperazine rings is 1. The Morgan fingerprint density at radius 3 is 2.92 bits per heavy atom. The lowest BCUT2D eigenvalue weighted by Crippen LogP contribution is -2.48. The third-order valence-corrected chi connectivity index (χ3v) is 4.79. The molecule has 0 radical (unpaired) electrons. The highest BCUT2D eigenvalue weighted by molar-refractivity contribution is 6.30. The molecule has 1 fully saturated rings. The zero-order chi connectivity index (χ0) is 17.6. The number of benzene rings is 2. The van der Waals surface area contributed by atoms with E-state index < -0.39 is 0 Å². The summed E-state index contributed by atoms with van der Waals surface area (Å²) in [5, 5.41) is 4.07. The summed E-state index contributed by atoms with van der Waals surface area (Å²) < 4.78 is 5.25. The summed E-state index contributed by atoms with van der Waals surface area (Å²) in [6.07, 6.45) is 1.20. The number of halogens is 1. The molecule has 1 aliphatic rings. The normalized spacial score (nSPS) is 17.4. The van der Waals surface area contributed by atoms with Crippen LogP contribution in [0.25, 0.3) is 0 Å². The molecule has 1 N–H and O–H groups in total. The van der Waals surface area contributed by atoms with Crippen LogP contribution in [0.4, 0.5) is 0 Å². The van der Waals surface area contributed by atoms with Crippen LogP contribution in [0.1, 0.15) is 23.6 Å². The Morgan fingerprint density at radius 1 is 1.28 bits per heavy atom. The summed E-state index contributed by atoms with van der Waals surface area (Å²) in [5.74, 6) is 0.998. The van der Waals surface area contributed by atoms with Crippen LogP contribution in [0.2, 0.25) is 5.02 Å². The molecule has 25 heavy (non-hydrogen) atoms. The van der Waals surface area contributed by atoms with Gasteiger partial charge in [-0.15, -0.1) is 0 Å². The van der Waals surface area contributed by atoms with Crippen LogP contribution in [-0.2, 0) is 11.2 Å². The monoisotopic (exact) mass is 358 g/mol. The van der Waals surface area contributed by atoms with E-state index in [1.807, 2.05) is 53.4 Å². The number of carbonyl (C=O) groups excluding carboxylic acids is 1. The number of nitrogens with zero attached hydrogens (tertiary/aromatic N) is 1. The van der Waals surface area contributed by atoms with Gasteiger partial charge in [-0.3, -0.25) is 4.79 Å². The maximum Gasteiger partial charge on any atom is 0.223 e. The van der Waals surface area contributed by atoms with Crippen molar-refractivity contribution in [2.45, 2.75) is 18.9 Å². The molecule has 5 heteroatoms. The Balaban J connectivity index is 1.68. The molecular formula is C20H23ClN2O2. The van der Waals surface area contributed by atoms with Gasteiger partial charge in [0.25, 0.3) is 0 Å². The van der Waals surface area contributed by atoms with Crippen LogP contribution in [-0.4, -0.2) is 37.6 Å². The first-order valence-electron chi connectivity index (χ1n) is 8.56. The SMILES string of the molecule is COc1cccc(CCC(=O)N2CCNCC2c2cccc(Cl)c2)c1. The summed E-state index contributed by atoms with van der Waals surface area (Å²) in [7, 11) is 1.65. The molecule has 0 spiro atoms. The number of methoxy groups -OCH3 is 1. The van der Waals surface area contributed by atoms with Gasteiger partial charge in [0.2, 0.25) is 5.91 Å². The van der Waals surface area contributed by atoms with Gasteiger partial charge in [0, 0.05) is 31.1 Å². The number of ether oxygens (including phenoxy) is 1. The summed E-state index contributed by atoms with van der Waals surface area (Å²) in [6.45, 7) is 2.29. The van der Waals surface area contributed by atoms with Crippen LogP contribution < -0.4 is 10.1 Å². The van der Waals surface area contributed by atoms with E-state index in [-0.39, 0.29) is 11.9 Å². The first-order valence-corrected chi connectivity index (χ1v) is 8.94. The van der Waals surface area contributed by atoms with Gasteiger partial charge in [0.15, 0.2) is 0 Å². The van der Waals surface area contributed by atoms with Crippen molar-refractivity contribution in [2.75, 3.05) is 26.7 Å². The minimum absolute atomic E-state index is 0.0326. The van der Waals surface area contributed by atoms with Gasteiger partial charge in [-0.25, -0.2) is 0 Å². The van der Waals surface area contributed by atoms with E-state index in [2.05, 4.69) is 5.32 Å². The molecule has 2 aromatic carbocycles. The first-order chi connectivity index (χ1) is 12.2. The van der Waals surface area contributed by atoms with Crippen molar-refractivity contribution < 1.29 is 9.53 Å². The van der Waals surface area contributed by atoms with E-state index in [0.29, 0.717) is 24.4 Å². The van der Waals surface area contributed by atoms with Crippen molar-refractivity contribution in [2.24, 2.45) is 0 Å². The average Bonchev–Trinajstić information content (AvgIpc) is 2.66. The number of aryl methyl sites for hydroxylation is 1. The van der Waals surface area contributed by atoms with Crippen LogP contribution in [0.3, 0.4) is 0 Å². The largest absolute Gasteiger partial charge is 0.497 e. The predicted molar refractivity (Wildman–Crippen MR) is 100 cm³/mol. The molecule has 1 unspecified atom stereocenters. The smallest absolute Gasteiger partial charge is 0.223 e. The molecule has 0 saturated carbocycles. The lowest BCUT2D eigenvalue weighted by atomic mass is 10.0. The van der Waals surface area contributed by atoms with E-state index in [0.717, 1.165) is 30.0 Å². The van der Waals surface area contributed by atoms with Crippen LogP contribution in [0.15, 0.2) is 48.5 Å². The van der Waals surface area contributed by atoms with E-state index in [1.165, 1.54) is 0 Å². The number of carbonyl (C=O) groups is 1. The Kier molecular flexibility index (Phi) is 5.95. The van der Waals surface area contributed by atoms with E-state index in [9.17, 15) is 4.79 Å². The van der Waals surface area contributed by atoms with Crippen molar-refractivity contribution in [3.63, 3.8) is 0 Å². The van der Waals surface area contributed by atoms with Gasteiger partial charge in [-0.1, -0.05) is 35.9 Å². The minimum atomic E-state index is 0.0326. The second-order valence-corrected chi connectivity index (χ2v) is 6.65. The fourth-order valence-corrected chi connectivity index (χ4v) is 3.44. The summed E-state index contributed by atoms with van der Waals surface area (Å²) in [4.78, 5) is 14.8. The lowest BCUT2D eigenvalue weighted by Gasteiger charge is -2.36. The molecule has 4 nitrogen and oxygen atoms in total. The van der Waals surface area contributed by atoms with Crippen LogP contribution >= 0.6 is 11.6 Å². The van der Waals surface area contributed by atoms with Crippen LogP contribution in [0, 0.1) is 0 Å². The molecule has 1 heterocycles. The molecule has 0 aliphatic carbocycles. The predicted octanol–water partition coefficient (Wildman–Crippen LogP) is 3.45. The molecule has 1 amide bonds.